The zero-order valence-electron chi connectivity index (χ0n) is 11.3. The fourth-order valence-corrected chi connectivity index (χ4v) is 2.57. The lowest BCUT2D eigenvalue weighted by Gasteiger charge is -2.07. The van der Waals surface area contributed by atoms with E-state index in [4.69, 9.17) is 4.74 Å². The maximum absolute atomic E-state index is 5.82. The predicted molar refractivity (Wildman–Crippen MR) is 76.2 cm³/mol. The average molecular weight is 253 g/mol. The summed E-state index contributed by atoms with van der Waals surface area (Å²) < 4.78 is 5.82. The van der Waals surface area contributed by atoms with Crippen LogP contribution in [0.3, 0.4) is 0 Å². The van der Waals surface area contributed by atoms with Crippen LogP contribution in [-0.2, 0) is 6.61 Å². The summed E-state index contributed by atoms with van der Waals surface area (Å²) in [4.78, 5) is 4.30. The molecular formula is C17H19NO. The highest BCUT2D eigenvalue weighted by atomic mass is 16.5. The Kier molecular flexibility index (Phi) is 3.49. The molecule has 1 fully saturated rings. The minimum atomic E-state index is 0.605. The number of aromatic nitrogens is 1. The van der Waals surface area contributed by atoms with Gasteiger partial charge in [0, 0.05) is 6.20 Å². The van der Waals surface area contributed by atoms with Gasteiger partial charge in [0.1, 0.15) is 12.4 Å². The van der Waals surface area contributed by atoms with E-state index >= 15 is 0 Å². The summed E-state index contributed by atoms with van der Waals surface area (Å²) in [6, 6.07) is 12.4. The Morgan fingerprint density at radius 2 is 2.05 bits per heavy atom. The molecule has 0 saturated heterocycles. The molecule has 1 aliphatic carbocycles. The van der Waals surface area contributed by atoms with Crippen molar-refractivity contribution in [2.45, 2.75) is 32.3 Å². The predicted octanol–water partition coefficient (Wildman–Crippen LogP) is 4.17. The van der Waals surface area contributed by atoms with Gasteiger partial charge in [-0.25, -0.2) is 0 Å². The van der Waals surface area contributed by atoms with Crippen molar-refractivity contribution in [3.8, 4) is 5.75 Å². The lowest BCUT2D eigenvalue weighted by atomic mass is 10.1. The van der Waals surface area contributed by atoms with Gasteiger partial charge in [0.05, 0.1) is 6.20 Å². The molecule has 0 N–H and O–H groups in total. The zero-order valence-corrected chi connectivity index (χ0v) is 11.3. The van der Waals surface area contributed by atoms with Gasteiger partial charge in [-0.15, -0.1) is 0 Å². The van der Waals surface area contributed by atoms with E-state index in [1.54, 1.807) is 6.20 Å². The molecule has 0 bridgehead atoms. The third-order valence-electron chi connectivity index (χ3n) is 3.86. The van der Waals surface area contributed by atoms with Crippen LogP contribution in [0.2, 0.25) is 0 Å². The number of hydrogen-bond acceptors (Lipinski definition) is 2. The lowest BCUT2D eigenvalue weighted by Crippen LogP contribution is -1.96. The maximum atomic E-state index is 5.82. The van der Waals surface area contributed by atoms with Gasteiger partial charge in [-0.1, -0.05) is 43.7 Å². The molecular weight excluding hydrogens is 234 g/mol. The van der Waals surface area contributed by atoms with E-state index in [9.17, 15) is 0 Å². The molecule has 0 radical (unpaired) electrons. The fourth-order valence-electron chi connectivity index (χ4n) is 2.57. The van der Waals surface area contributed by atoms with Gasteiger partial charge in [0.15, 0.2) is 0 Å². The van der Waals surface area contributed by atoms with Crippen molar-refractivity contribution in [2.24, 2.45) is 5.92 Å². The molecule has 2 atom stereocenters. The molecule has 1 saturated carbocycles. The van der Waals surface area contributed by atoms with E-state index < -0.39 is 0 Å². The summed E-state index contributed by atoms with van der Waals surface area (Å²) in [6.07, 6.45) is 6.35. The van der Waals surface area contributed by atoms with Crippen molar-refractivity contribution in [2.75, 3.05) is 0 Å². The van der Waals surface area contributed by atoms with Crippen LogP contribution in [0.15, 0.2) is 48.8 Å². The first-order chi connectivity index (χ1) is 9.36. The van der Waals surface area contributed by atoms with Crippen LogP contribution < -0.4 is 4.74 Å². The molecule has 1 aromatic carbocycles. The van der Waals surface area contributed by atoms with Crippen molar-refractivity contribution >= 4 is 0 Å². The molecule has 3 rings (SSSR count). The van der Waals surface area contributed by atoms with Crippen molar-refractivity contribution in [1.29, 1.82) is 0 Å². The topological polar surface area (TPSA) is 22.1 Å². The van der Waals surface area contributed by atoms with Gasteiger partial charge in [0.2, 0.25) is 0 Å². The number of nitrogens with zero attached hydrogens (tertiary/aromatic N) is 1. The van der Waals surface area contributed by atoms with E-state index in [0.29, 0.717) is 12.5 Å². The third kappa shape index (κ3) is 2.95. The number of benzene rings is 1. The van der Waals surface area contributed by atoms with Crippen molar-refractivity contribution in [3.63, 3.8) is 0 Å². The molecule has 1 aromatic heterocycles. The van der Waals surface area contributed by atoms with Crippen LogP contribution in [0.1, 0.15) is 36.8 Å². The van der Waals surface area contributed by atoms with Crippen molar-refractivity contribution in [3.05, 3.63) is 59.9 Å². The second kappa shape index (κ2) is 5.43. The molecule has 19 heavy (non-hydrogen) atoms. The monoisotopic (exact) mass is 253 g/mol. The molecule has 0 spiro atoms. The molecule has 2 unspecified atom stereocenters. The van der Waals surface area contributed by atoms with Gasteiger partial charge in [-0.05, 0) is 35.4 Å². The Morgan fingerprint density at radius 1 is 1.21 bits per heavy atom. The fraction of sp³-hybridized carbons (Fsp3) is 0.353. The minimum absolute atomic E-state index is 0.605. The normalized spacial score (nSPS) is 21.1. The summed E-state index contributed by atoms with van der Waals surface area (Å²) in [5.41, 5.74) is 2.52. The number of pyridine rings is 1. The number of rotatable bonds is 5. The summed E-state index contributed by atoms with van der Waals surface area (Å²) in [5.74, 6) is 2.44. The Labute approximate surface area is 114 Å². The lowest BCUT2D eigenvalue weighted by molar-refractivity contribution is 0.304. The Bertz CT molecular complexity index is 538. The number of ether oxygens (including phenoxy) is 1. The summed E-state index contributed by atoms with van der Waals surface area (Å²) in [7, 11) is 0. The first kappa shape index (κ1) is 12.2. The second-order valence-electron chi connectivity index (χ2n) is 5.24. The minimum Gasteiger partial charge on any atom is -0.487 e. The Balaban J connectivity index is 1.64. The molecule has 98 valence electrons. The standard InChI is InChI=1S/C17H19NO/c1-2-14-9-17(14)15-8-16(11-18-10-15)19-12-13-6-4-3-5-7-13/h3-8,10-11,14,17H,2,9,12H2,1H3. The van der Waals surface area contributed by atoms with Gasteiger partial charge in [-0.3, -0.25) is 4.98 Å². The van der Waals surface area contributed by atoms with Crippen molar-refractivity contribution in [1.82, 2.24) is 4.98 Å². The van der Waals surface area contributed by atoms with Gasteiger partial charge < -0.3 is 4.74 Å². The first-order valence-corrected chi connectivity index (χ1v) is 6.98. The highest BCUT2D eigenvalue weighted by Gasteiger charge is 2.36. The summed E-state index contributed by atoms with van der Waals surface area (Å²) >= 11 is 0. The third-order valence-corrected chi connectivity index (χ3v) is 3.86. The Hall–Kier alpha value is -1.83. The highest BCUT2D eigenvalue weighted by molar-refractivity contribution is 5.30. The molecule has 1 heterocycles. The molecule has 2 nitrogen and oxygen atoms in total. The summed E-state index contributed by atoms with van der Waals surface area (Å²) in [5, 5.41) is 0. The van der Waals surface area contributed by atoms with Crippen LogP contribution in [0, 0.1) is 5.92 Å². The molecule has 0 aliphatic heterocycles. The van der Waals surface area contributed by atoms with Crippen molar-refractivity contribution < 1.29 is 4.74 Å². The van der Waals surface area contributed by atoms with E-state index in [1.807, 2.05) is 24.4 Å². The van der Waals surface area contributed by atoms with E-state index in [1.165, 1.54) is 24.0 Å². The largest absolute Gasteiger partial charge is 0.487 e. The highest BCUT2D eigenvalue weighted by Crippen LogP contribution is 2.49. The van der Waals surface area contributed by atoms with Crippen LogP contribution in [0.4, 0.5) is 0 Å². The zero-order chi connectivity index (χ0) is 13.1. The van der Waals surface area contributed by atoms with E-state index in [-0.39, 0.29) is 0 Å². The molecule has 0 amide bonds. The summed E-state index contributed by atoms with van der Waals surface area (Å²) in [6.45, 7) is 2.86. The van der Waals surface area contributed by atoms with Gasteiger partial charge in [0.25, 0.3) is 0 Å². The smallest absolute Gasteiger partial charge is 0.138 e. The van der Waals surface area contributed by atoms with Crippen LogP contribution in [0.5, 0.6) is 5.75 Å². The SMILES string of the molecule is CCC1CC1c1cncc(OCc2ccccc2)c1. The molecule has 2 heteroatoms. The van der Waals surface area contributed by atoms with Crippen LogP contribution in [0.25, 0.3) is 0 Å². The Morgan fingerprint density at radius 3 is 2.79 bits per heavy atom. The quantitative estimate of drug-likeness (QED) is 0.797. The number of hydrogen-bond donors (Lipinski definition) is 0. The van der Waals surface area contributed by atoms with Gasteiger partial charge in [-0.2, -0.15) is 0 Å². The average Bonchev–Trinajstić information content (AvgIpc) is 3.26. The second-order valence-corrected chi connectivity index (χ2v) is 5.24. The van der Waals surface area contributed by atoms with Gasteiger partial charge >= 0.3 is 0 Å². The maximum Gasteiger partial charge on any atom is 0.138 e. The van der Waals surface area contributed by atoms with E-state index in [2.05, 4.69) is 30.1 Å². The van der Waals surface area contributed by atoms with Crippen LogP contribution >= 0.6 is 0 Å². The molecule has 1 aliphatic rings. The van der Waals surface area contributed by atoms with E-state index in [0.717, 1.165) is 11.7 Å². The van der Waals surface area contributed by atoms with Crippen LogP contribution in [-0.4, -0.2) is 4.98 Å². The first-order valence-electron chi connectivity index (χ1n) is 6.98. The molecule has 2 aromatic rings.